The van der Waals surface area contributed by atoms with E-state index >= 15 is 0 Å². The molecule has 3 aromatic rings. The van der Waals surface area contributed by atoms with Crippen LogP contribution < -0.4 is 16.0 Å². The number of nitrogens with zero attached hydrogens (tertiary/aromatic N) is 5. The zero-order valence-corrected chi connectivity index (χ0v) is 21.1. The van der Waals surface area contributed by atoms with Crippen LogP contribution in [0.5, 0.6) is 0 Å². The van der Waals surface area contributed by atoms with E-state index < -0.39 is 11.5 Å². The number of hydrogen-bond donors (Lipinski definition) is 3. The highest BCUT2D eigenvalue weighted by Crippen LogP contribution is 2.32. The summed E-state index contributed by atoms with van der Waals surface area (Å²) >= 11 is 0. The molecule has 0 saturated carbocycles. The average molecular weight is 492 g/mol. The van der Waals surface area contributed by atoms with Gasteiger partial charge in [-0.1, -0.05) is 18.2 Å². The fourth-order valence-corrected chi connectivity index (χ4v) is 4.66. The highest BCUT2D eigenvalue weighted by molar-refractivity contribution is 5.97. The number of piperidine rings is 1. The largest absolute Gasteiger partial charge is 0.386 e. The van der Waals surface area contributed by atoms with Gasteiger partial charge in [0.15, 0.2) is 17.3 Å². The van der Waals surface area contributed by atoms with Crippen molar-refractivity contribution in [2.75, 3.05) is 16.8 Å². The molecule has 1 aliphatic rings. The van der Waals surface area contributed by atoms with Crippen molar-refractivity contribution in [3.63, 3.8) is 0 Å². The Labute approximate surface area is 210 Å². The number of hydrogen-bond acceptors (Lipinski definition) is 8. The quantitative estimate of drug-likeness (QED) is 0.408. The summed E-state index contributed by atoms with van der Waals surface area (Å²) in [6.07, 6.45) is 7.15. The van der Waals surface area contributed by atoms with Gasteiger partial charge >= 0.3 is 0 Å². The number of carbonyl (C=O) groups is 2. The number of rotatable bonds is 8. The molecule has 1 amide bonds. The minimum Gasteiger partial charge on any atom is -0.386 e. The van der Waals surface area contributed by atoms with Crippen molar-refractivity contribution >= 4 is 29.0 Å². The minimum absolute atomic E-state index is 0.0279. The van der Waals surface area contributed by atoms with Crippen LogP contribution in [0, 0.1) is 5.92 Å². The Balaban J connectivity index is 1.54. The van der Waals surface area contributed by atoms with Crippen molar-refractivity contribution in [3.8, 4) is 0 Å². The first kappa shape index (κ1) is 25.3. The van der Waals surface area contributed by atoms with Gasteiger partial charge in [0.25, 0.3) is 5.91 Å². The summed E-state index contributed by atoms with van der Waals surface area (Å²) in [6, 6.07) is 7.24. The molecule has 190 valence electrons. The molecule has 10 heteroatoms. The van der Waals surface area contributed by atoms with Crippen LogP contribution in [0.25, 0.3) is 0 Å². The first-order valence-electron chi connectivity index (χ1n) is 12.1. The molecule has 0 radical (unpaired) electrons. The van der Waals surface area contributed by atoms with Gasteiger partial charge in [-0.05, 0) is 51.2 Å². The Morgan fingerprint density at radius 3 is 2.72 bits per heavy atom. The number of Topliss-reactive ketones (excluding diaryl/α,β-unsaturated/α-hetero) is 1. The number of carbonyl (C=O) groups excluding carboxylic acids is 2. The molecule has 0 spiro atoms. The maximum absolute atomic E-state index is 13.2. The Hall–Kier alpha value is -3.79. The lowest BCUT2D eigenvalue weighted by atomic mass is 9.84. The molecule has 1 aliphatic heterocycles. The van der Waals surface area contributed by atoms with Crippen LogP contribution in [0.1, 0.15) is 66.4 Å². The van der Waals surface area contributed by atoms with E-state index in [1.165, 1.54) is 0 Å². The molecule has 2 aromatic heterocycles. The van der Waals surface area contributed by atoms with Gasteiger partial charge in [-0.15, -0.1) is 0 Å². The molecule has 10 nitrogen and oxygen atoms in total. The number of amides is 1. The van der Waals surface area contributed by atoms with Gasteiger partial charge in [0.1, 0.15) is 5.82 Å². The molecule has 0 unspecified atom stereocenters. The third-order valence-electron chi connectivity index (χ3n) is 6.74. The fraction of sp³-hybridized carbons (Fsp3) is 0.423. The van der Waals surface area contributed by atoms with Crippen LogP contribution >= 0.6 is 0 Å². The molecule has 2 atom stereocenters. The maximum atomic E-state index is 13.2. The molecule has 1 saturated heterocycles. The van der Waals surface area contributed by atoms with Crippen LogP contribution in [0.2, 0.25) is 0 Å². The van der Waals surface area contributed by atoms with E-state index in [1.807, 2.05) is 12.1 Å². The van der Waals surface area contributed by atoms with Crippen molar-refractivity contribution in [1.82, 2.24) is 19.7 Å². The minimum atomic E-state index is -1.01. The second kappa shape index (κ2) is 10.1. The first-order valence-corrected chi connectivity index (χ1v) is 12.1. The number of benzene rings is 1. The molecular formula is C26H33N7O3. The third kappa shape index (κ3) is 5.54. The number of aromatic nitrogens is 4. The summed E-state index contributed by atoms with van der Waals surface area (Å²) in [5, 5.41) is 17.5. The second-order valence-corrected chi connectivity index (χ2v) is 9.92. The van der Waals surface area contributed by atoms with Gasteiger partial charge in [0.05, 0.1) is 23.7 Å². The lowest BCUT2D eigenvalue weighted by Gasteiger charge is -2.40. The molecule has 1 aromatic carbocycles. The van der Waals surface area contributed by atoms with E-state index in [1.54, 1.807) is 56.3 Å². The Kier molecular flexibility index (Phi) is 7.07. The summed E-state index contributed by atoms with van der Waals surface area (Å²) in [6.45, 7) is 6.26. The number of nitrogens with one attached hydrogen (secondary N) is 1. The number of ketones is 1. The van der Waals surface area contributed by atoms with E-state index in [0.717, 1.165) is 19.4 Å². The van der Waals surface area contributed by atoms with Crippen molar-refractivity contribution in [2.24, 2.45) is 18.7 Å². The lowest BCUT2D eigenvalue weighted by molar-refractivity contribution is 0.0784. The predicted octanol–water partition coefficient (Wildman–Crippen LogP) is 3.16. The molecule has 36 heavy (non-hydrogen) atoms. The number of nitrogens with two attached hydrogens (primary N) is 1. The van der Waals surface area contributed by atoms with Crippen LogP contribution in [0.15, 0.2) is 42.9 Å². The monoisotopic (exact) mass is 491 g/mol. The molecule has 3 heterocycles. The van der Waals surface area contributed by atoms with Crippen LogP contribution in [0.3, 0.4) is 0 Å². The van der Waals surface area contributed by atoms with E-state index in [4.69, 9.17) is 5.73 Å². The van der Waals surface area contributed by atoms with Crippen molar-refractivity contribution in [2.45, 2.75) is 51.7 Å². The SMILES string of the molecule is C[C@@H]1[C@H](CC(=O)c2cccc(C(C)(C)O)c2)CCCN1c1cnc(C(N)=O)c(Nc2cnn(C)c2)n1. The molecule has 1 fully saturated rings. The first-order chi connectivity index (χ1) is 17.0. The predicted molar refractivity (Wildman–Crippen MR) is 137 cm³/mol. The standard InChI is InChI=1S/C26H33N7O3/c1-16-17(12-21(34)18-7-5-9-19(11-18)26(2,3)36)8-6-10-33(16)22-14-28-23(24(27)35)25(31-22)30-20-13-29-32(4)15-20/h5,7,9,11,13-17,36H,6,8,10,12H2,1-4H3,(H2,27,35)(H,30,31)/t16-,17+/m1/s1. The van der Waals surface area contributed by atoms with Gasteiger partial charge in [-0.3, -0.25) is 14.3 Å². The van der Waals surface area contributed by atoms with Crippen LogP contribution in [-0.4, -0.2) is 49.1 Å². The van der Waals surface area contributed by atoms with Gasteiger partial charge in [-0.2, -0.15) is 5.10 Å². The highest BCUT2D eigenvalue weighted by Gasteiger charge is 2.31. The lowest BCUT2D eigenvalue weighted by Crippen LogP contribution is -2.44. The summed E-state index contributed by atoms with van der Waals surface area (Å²) < 4.78 is 1.63. The van der Waals surface area contributed by atoms with Gasteiger partial charge < -0.3 is 21.1 Å². The maximum Gasteiger partial charge on any atom is 0.271 e. The fourth-order valence-electron chi connectivity index (χ4n) is 4.66. The summed E-state index contributed by atoms with van der Waals surface area (Å²) in [5.41, 5.74) is 6.54. The van der Waals surface area contributed by atoms with E-state index in [2.05, 4.69) is 32.2 Å². The Morgan fingerprint density at radius 2 is 2.06 bits per heavy atom. The zero-order chi connectivity index (χ0) is 26.0. The molecule has 4 rings (SSSR count). The number of aryl methyl sites for hydroxylation is 1. The molecule has 0 bridgehead atoms. The second-order valence-electron chi connectivity index (χ2n) is 9.92. The van der Waals surface area contributed by atoms with Crippen molar-refractivity contribution in [1.29, 1.82) is 0 Å². The highest BCUT2D eigenvalue weighted by atomic mass is 16.3. The Bertz CT molecular complexity index is 1260. The zero-order valence-electron chi connectivity index (χ0n) is 21.1. The van der Waals surface area contributed by atoms with Crippen LogP contribution in [0.4, 0.5) is 17.3 Å². The third-order valence-corrected chi connectivity index (χ3v) is 6.74. The summed E-state index contributed by atoms with van der Waals surface area (Å²) in [7, 11) is 1.79. The Morgan fingerprint density at radius 1 is 1.28 bits per heavy atom. The number of anilines is 3. The number of primary amides is 1. The van der Waals surface area contributed by atoms with E-state index in [0.29, 0.717) is 29.1 Å². The van der Waals surface area contributed by atoms with Crippen molar-refractivity contribution < 1.29 is 14.7 Å². The molecule has 0 aliphatic carbocycles. The normalized spacial score (nSPS) is 18.2. The van der Waals surface area contributed by atoms with Gasteiger partial charge in [0, 0.05) is 37.8 Å². The average Bonchev–Trinajstić information content (AvgIpc) is 3.24. The summed E-state index contributed by atoms with van der Waals surface area (Å²) in [5.74, 6) is 0.365. The van der Waals surface area contributed by atoms with Crippen molar-refractivity contribution in [3.05, 3.63) is 59.7 Å². The van der Waals surface area contributed by atoms with Gasteiger partial charge in [0.2, 0.25) is 0 Å². The van der Waals surface area contributed by atoms with Crippen LogP contribution in [-0.2, 0) is 12.6 Å². The molecule has 4 N–H and O–H groups in total. The topological polar surface area (TPSA) is 139 Å². The number of aliphatic hydroxyl groups is 1. The molecular weight excluding hydrogens is 458 g/mol. The van der Waals surface area contributed by atoms with E-state index in [-0.39, 0.29) is 29.3 Å². The summed E-state index contributed by atoms with van der Waals surface area (Å²) in [4.78, 5) is 36.2. The van der Waals surface area contributed by atoms with Gasteiger partial charge in [-0.25, -0.2) is 9.97 Å². The van der Waals surface area contributed by atoms with E-state index in [9.17, 15) is 14.7 Å². The smallest absolute Gasteiger partial charge is 0.271 e.